The molecule has 1 fully saturated rings. The minimum Gasteiger partial charge on any atom is -0.305 e. The Morgan fingerprint density at radius 2 is 2.47 bits per heavy atom. The van der Waals surface area contributed by atoms with E-state index in [0.717, 1.165) is 10.7 Å². The van der Waals surface area contributed by atoms with Gasteiger partial charge < -0.3 is 4.90 Å². The van der Waals surface area contributed by atoms with Crippen molar-refractivity contribution < 1.29 is 4.79 Å². The Morgan fingerprint density at radius 3 is 3.00 bits per heavy atom. The van der Waals surface area contributed by atoms with Crippen LogP contribution in [0.5, 0.6) is 0 Å². The second-order valence-electron chi connectivity index (χ2n) is 3.51. The van der Waals surface area contributed by atoms with Crippen LogP contribution in [-0.2, 0) is 4.79 Å². The lowest BCUT2D eigenvalue weighted by Gasteiger charge is -2.14. The lowest BCUT2D eigenvalue weighted by molar-refractivity contribution is -0.125. The van der Waals surface area contributed by atoms with E-state index in [1.807, 2.05) is 19.2 Å². The molecule has 17 heavy (non-hydrogen) atoms. The zero-order valence-electron chi connectivity index (χ0n) is 9.56. The highest BCUT2D eigenvalue weighted by Crippen LogP contribution is 2.35. The van der Waals surface area contributed by atoms with Crippen molar-refractivity contribution in [2.75, 3.05) is 12.3 Å². The normalized spacial score (nSPS) is 18.4. The van der Waals surface area contributed by atoms with E-state index in [2.05, 4.69) is 11.1 Å². The van der Waals surface area contributed by atoms with Crippen molar-refractivity contribution in [3.63, 3.8) is 0 Å². The third kappa shape index (κ3) is 2.21. The zero-order valence-corrected chi connectivity index (χ0v) is 11.2. The monoisotopic (exact) mass is 265 g/mol. The molecule has 6 heteroatoms. The van der Waals surface area contributed by atoms with E-state index < -0.39 is 0 Å². The van der Waals surface area contributed by atoms with Crippen molar-refractivity contribution in [1.82, 2.24) is 9.88 Å². The molecule has 0 saturated carbocycles. The number of rotatable bonds is 2. The molecule has 1 amide bonds. The number of nitrogens with zero attached hydrogens (tertiary/aromatic N) is 3. The van der Waals surface area contributed by atoms with Gasteiger partial charge in [0.15, 0.2) is 0 Å². The Morgan fingerprint density at radius 1 is 1.71 bits per heavy atom. The molecule has 88 valence electrons. The number of aryl methyl sites for hydroxylation is 1. The second kappa shape index (κ2) is 4.90. The van der Waals surface area contributed by atoms with Crippen molar-refractivity contribution in [1.29, 1.82) is 5.26 Å². The number of thiazole rings is 1. The van der Waals surface area contributed by atoms with Crippen molar-refractivity contribution in [2.45, 2.75) is 13.8 Å². The van der Waals surface area contributed by atoms with E-state index in [4.69, 9.17) is 0 Å². The van der Waals surface area contributed by atoms with Crippen molar-refractivity contribution in [3.8, 4) is 6.07 Å². The minimum atomic E-state index is 0.0635. The summed E-state index contributed by atoms with van der Waals surface area (Å²) in [5.41, 5.74) is 1.41. The lowest BCUT2D eigenvalue weighted by Crippen LogP contribution is -2.24. The van der Waals surface area contributed by atoms with Gasteiger partial charge in [0.1, 0.15) is 16.6 Å². The topological polar surface area (TPSA) is 57.0 Å². The van der Waals surface area contributed by atoms with E-state index in [1.165, 1.54) is 23.1 Å². The SMILES string of the molecule is CCN1C(=O)CS/C1=C(/C#N)c1nc(C)cs1. The quantitative estimate of drug-likeness (QED) is 0.769. The van der Waals surface area contributed by atoms with Crippen molar-refractivity contribution >= 4 is 34.6 Å². The summed E-state index contributed by atoms with van der Waals surface area (Å²) in [6.07, 6.45) is 0. The van der Waals surface area contributed by atoms with Gasteiger partial charge in [-0.3, -0.25) is 4.79 Å². The zero-order chi connectivity index (χ0) is 12.4. The summed E-state index contributed by atoms with van der Waals surface area (Å²) in [7, 11) is 0. The highest BCUT2D eigenvalue weighted by atomic mass is 32.2. The van der Waals surface area contributed by atoms with Crippen LogP contribution in [0.1, 0.15) is 17.6 Å². The summed E-state index contributed by atoms with van der Waals surface area (Å²) < 4.78 is 0. The maximum Gasteiger partial charge on any atom is 0.237 e. The maximum absolute atomic E-state index is 11.6. The summed E-state index contributed by atoms with van der Waals surface area (Å²) in [6, 6.07) is 2.17. The summed E-state index contributed by atoms with van der Waals surface area (Å²) in [5, 5.41) is 12.6. The number of nitriles is 1. The lowest BCUT2D eigenvalue weighted by atomic mass is 10.3. The Hall–Kier alpha value is -1.32. The van der Waals surface area contributed by atoms with Crippen LogP contribution in [0.4, 0.5) is 0 Å². The highest BCUT2D eigenvalue weighted by Gasteiger charge is 2.29. The van der Waals surface area contributed by atoms with Crippen LogP contribution in [-0.4, -0.2) is 28.1 Å². The van der Waals surface area contributed by atoms with Gasteiger partial charge in [-0.1, -0.05) is 11.8 Å². The molecule has 1 saturated heterocycles. The summed E-state index contributed by atoms with van der Waals surface area (Å²) in [4.78, 5) is 17.6. The number of aromatic nitrogens is 1. The summed E-state index contributed by atoms with van der Waals surface area (Å²) >= 11 is 2.86. The van der Waals surface area contributed by atoms with Gasteiger partial charge in [-0.25, -0.2) is 4.98 Å². The molecule has 0 aliphatic carbocycles. The Balaban J connectivity index is 2.48. The van der Waals surface area contributed by atoms with Gasteiger partial charge in [0.25, 0.3) is 0 Å². The standard InChI is InChI=1S/C11H11N3OS2/c1-3-14-9(15)6-17-11(14)8(4-12)10-13-7(2)5-16-10/h5H,3,6H2,1-2H3/b11-8-. The molecule has 0 N–H and O–H groups in total. The van der Waals surface area contributed by atoms with Gasteiger partial charge in [-0.2, -0.15) is 5.26 Å². The van der Waals surface area contributed by atoms with E-state index >= 15 is 0 Å². The van der Waals surface area contributed by atoms with Crippen molar-refractivity contribution in [2.24, 2.45) is 0 Å². The van der Waals surface area contributed by atoms with Crippen LogP contribution >= 0.6 is 23.1 Å². The Kier molecular flexibility index (Phi) is 3.50. The molecular weight excluding hydrogens is 254 g/mol. The second-order valence-corrected chi connectivity index (χ2v) is 5.33. The smallest absolute Gasteiger partial charge is 0.237 e. The van der Waals surface area contributed by atoms with Crippen LogP contribution in [0.25, 0.3) is 5.57 Å². The van der Waals surface area contributed by atoms with E-state index in [0.29, 0.717) is 22.9 Å². The molecule has 1 aliphatic heterocycles. The molecule has 1 aromatic heterocycles. The minimum absolute atomic E-state index is 0.0635. The number of carbonyl (C=O) groups excluding carboxylic acids is 1. The molecule has 0 spiro atoms. The van der Waals surface area contributed by atoms with Gasteiger partial charge in [-0.05, 0) is 13.8 Å². The molecule has 0 aromatic carbocycles. The van der Waals surface area contributed by atoms with Crippen LogP contribution < -0.4 is 0 Å². The molecule has 0 radical (unpaired) electrons. The largest absolute Gasteiger partial charge is 0.305 e. The van der Waals surface area contributed by atoms with Gasteiger partial charge in [0, 0.05) is 17.6 Å². The fourth-order valence-corrected chi connectivity index (χ4v) is 3.53. The summed E-state index contributed by atoms with van der Waals surface area (Å²) in [5.74, 6) is 0.479. The first-order valence-corrected chi connectivity index (χ1v) is 7.04. The van der Waals surface area contributed by atoms with Gasteiger partial charge in [0.05, 0.1) is 10.8 Å². The van der Waals surface area contributed by atoms with E-state index in [9.17, 15) is 10.1 Å². The summed E-state index contributed by atoms with van der Waals surface area (Å²) in [6.45, 7) is 4.40. The Bertz CT molecular complexity index is 527. The number of amides is 1. The van der Waals surface area contributed by atoms with E-state index in [1.54, 1.807) is 4.90 Å². The predicted octanol–water partition coefficient (Wildman–Crippen LogP) is 2.24. The molecule has 1 aromatic rings. The molecule has 4 nitrogen and oxygen atoms in total. The number of allylic oxidation sites excluding steroid dienone is 1. The van der Waals surface area contributed by atoms with Crippen LogP contribution in [0.15, 0.2) is 10.4 Å². The molecule has 0 unspecified atom stereocenters. The number of hydrogen-bond acceptors (Lipinski definition) is 5. The van der Waals surface area contributed by atoms with Crippen LogP contribution in [0.3, 0.4) is 0 Å². The predicted molar refractivity (Wildman–Crippen MR) is 69.2 cm³/mol. The molecule has 0 atom stereocenters. The number of carbonyl (C=O) groups is 1. The molecule has 2 rings (SSSR count). The first-order valence-electron chi connectivity index (χ1n) is 5.17. The average Bonchev–Trinajstić information content (AvgIpc) is 2.88. The van der Waals surface area contributed by atoms with Gasteiger partial charge in [-0.15, -0.1) is 11.3 Å². The van der Waals surface area contributed by atoms with Crippen molar-refractivity contribution in [3.05, 3.63) is 21.1 Å². The number of hydrogen-bond donors (Lipinski definition) is 0. The third-order valence-corrected chi connectivity index (χ3v) is 4.42. The van der Waals surface area contributed by atoms with Gasteiger partial charge in [0.2, 0.25) is 5.91 Å². The molecular formula is C11H11N3OS2. The van der Waals surface area contributed by atoms with Gasteiger partial charge >= 0.3 is 0 Å². The maximum atomic E-state index is 11.6. The fourth-order valence-electron chi connectivity index (χ4n) is 1.58. The molecule has 0 bridgehead atoms. The van der Waals surface area contributed by atoms with E-state index in [-0.39, 0.29) is 5.91 Å². The fraction of sp³-hybridized carbons (Fsp3) is 0.364. The van der Waals surface area contributed by atoms with Crippen LogP contribution in [0.2, 0.25) is 0 Å². The van der Waals surface area contributed by atoms with Crippen LogP contribution in [0, 0.1) is 18.3 Å². The molecule has 2 heterocycles. The Labute approximate surface area is 108 Å². The third-order valence-electron chi connectivity index (χ3n) is 2.35. The average molecular weight is 265 g/mol. The first-order chi connectivity index (χ1) is 8.17. The first kappa shape index (κ1) is 12.1. The number of thioether (sulfide) groups is 1. The molecule has 1 aliphatic rings. The highest BCUT2D eigenvalue weighted by molar-refractivity contribution is 8.04.